The molecular formula is C16H19N5O. The molecule has 0 amide bonds. The summed E-state index contributed by atoms with van der Waals surface area (Å²) >= 11 is 0. The van der Waals surface area contributed by atoms with Crippen LogP contribution in [0.25, 0.3) is 16.9 Å². The van der Waals surface area contributed by atoms with E-state index in [-0.39, 0.29) is 6.61 Å². The van der Waals surface area contributed by atoms with Crippen LogP contribution < -0.4 is 5.32 Å². The van der Waals surface area contributed by atoms with Crippen molar-refractivity contribution in [3.63, 3.8) is 0 Å². The normalized spacial score (nSPS) is 11.1. The molecular weight excluding hydrogens is 278 g/mol. The lowest BCUT2D eigenvalue weighted by Gasteiger charge is -2.08. The minimum absolute atomic E-state index is 0.0592. The quantitative estimate of drug-likeness (QED) is 0.771. The number of anilines is 1. The van der Waals surface area contributed by atoms with Crippen LogP contribution in [0.1, 0.15) is 16.8 Å². The zero-order chi connectivity index (χ0) is 15.7. The maximum atomic E-state index is 9.02. The molecule has 2 N–H and O–H groups in total. The topological polar surface area (TPSA) is 75.9 Å². The molecule has 0 fully saturated rings. The Morgan fingerprint density at radius 3 is 2.73 bits per heavy atom. The van der Waals surface area contributed by atoms with Gasteiger partial charge in [-0.15, -0.1) is 0 Å². The summed E-state index contributed by atoms with van der Waals surface area (Å²) in [6.45, 7) is 6.67. The SMILES string of the molecule is Cc1ccnc(-n2c(C)c(C)c3c(NCCO)ncnc32)c1. The van der Waals surface area contributed by atoms with Gasteiger partial charge in [0.15, 0.2) is 5.65 Å². The highest BCUT2D eigenvalue weighted by Crippen LogP contribution is 2.30. The average molecular weight is 297 g/mol. The summed E-state index contributed by atoms with van der Waals surface area (Å²) in [4.78, 5) is 13.2. The van der Waals surface area contributed by atoms with E-state index < -0.39 is 0 Å². The predicted octanol–water partition coefficient (Wildman–Crippen LogP) is 2.14. The van der Waals surface area contributed by atoms with E-state index in [9.17, 15) is 0 Å². The molecule has 0 saturated heterocycles. The molecule has 0 bridgehead atoms. The number of aliphatic hydroxyl groups is 1. The van der Waals surface area contributed by atoms with Crippen LogP contribution in [0.4, 0.5) is 5.82 Å². The molecule has 6 nitrogen and oxygen atoms in total. The van der Waals surface area contributed by atoms with Gasteiger partial charge in [0.05, 0.1) is 12.0 Å². The first-order valence-corrected chi connectivity index (χ1v) is 7.24. The molecule has 3 aromatic heterocycles. The molecule has 114 valence electrons. The molecule has 0 unspecified atom stereocenters. The number of aromatic nitrogens is 4. The summed E-state index contributed by atoms with van der Waals surface area (Å²) in [6, 6.07) is 4.01. The minimum Gasteiger partial charge on any atom is -0.395 e. The molecule has 0 atom stereocenters. The number of nitrogens with one attached hydrogen (secondary N) is 1. The molecule has 3 aromatic rings. The lowest BCUT2D eigenvalue weighted by atomic mass is 10.2. The van der Waals surface area contributed by atoms with E-state index in [1.165, 1.54) is 6.33 Å². The van der Waals surface area contributed by atoms with Gasteiger partial charge in [0.1, 0.15) is 18.0 Å². The Balaban J connectivity index is 2.26. The fraction of sp³-hybridized carbons (Fsp3) is 0.312. The summed E-state index contributed by atoms with van der Waals surface area (Å²) in [5.74, 6) is 1.59. The molecule has 0 aliphatic rings. The van der Waals surface area contributed by atoms with Gasteiger partial charge in [0.2, 0.25) is 0 Å². The van der Waals surface area contributed by atoms with Crippen molar-refractivity contribution in [3.8, 4) is 5.82 Å². The highest BCUT2D eigenvalue weighted by molar-refractivity contribution is 5.92. The smallest absolute Gasteiger partial charge is 0.151 e. The second-order valence-electron chi connectivity index (χ2n) is 5.31. The number of fused-ring (bicyclic) bond motifs is 1. The van der Waals surface area contributed by atoms with Crippen LogP contribution in [-0.4, -0.2) is 37.8 Å². The van der Waals surface area contributed by atoms with Crippen LogP contribution in [0, 0.1) is 20.8 Å². The molecule has 0 radical (unpaired) electrons. The number of rotatable bonds is 4. The van der Waals surface area contributed by atoms with Crippen LogP contribution in [0.5, 0.6) is 0 Å². The summed E-state index contributed by atoms with van der Waals surface area (Å²) in [5, 5.41) is 13.1. The van der Waals surface area contributed by atoms with Crippen molar-refractivity contribution in [2.75, 3.05) is 18.5 Å². The second-order valence-corrected chi connectivity index (χ2v) is 5.31. The summed E-state index contributed by atoms with van der Waals surface area (Å²) in [7, 11) is 0. The molecule has 6 heteroatoms. The van der Waals surface area contributed by atoms with Gasteiger partial charge in [-0.1, -0.05) is 0 Å². The van der Waals surface area contributed by atoms with Gasteiger partial charge in [-0.25, -0.2) is 15.0 Å². The minimum atomic E-state index is 0.0592. The van der Waals surface area contributed by atoms with Gasteiger partial charge in [-0.2, -0.15) is 0 Å². The first kappa shape index (κ1) is 14.5. The maximum absolute atomic E-state index is 9.02. The zero-order valence-corrected chi connectivity index (χ0v) is 13.0. The van der Waals surface area contributed by atoms with E-state index in [1.807, 2.05) is 23.6 Å². The van der Waals surface area contributed by atoms with Crippen molar-refractivity contribution in [3.05, 3.63) is 41.5 Å². The highest BCUT2D eigenvalue weighted by atomic mass is 16.3. The lowest BCUT2D eigenvalue weighted by molar-refractivity contribution is 0.311. The van der Waals surface area contributed by atoms with Crippen LogP contribution in [-0.2, 0) is 0 Å². The fourth-order valence-electron chi connectivity index (χ4n) is 2.63. The van der Waals surface area contributed by atoms with Gasteiger partial charge in [-0.05, 0) is 44.0 Å². The third-order valence-electron chi connectivity index (χ3n) is 3.83. The van der Waals surface area contributed by atoms with Crippen LogP contribution in [0.15, 0.2) is 24.7 Å². The molecule has 0 spiro atoms. The Kier molecular flexibility index (Phi) is 3.77. The number of hydrogen-bond donors (Lipinski definition) is 2. The van der Waals surface area contributed by atoms with Crippen molar-refractivity contribution in [1.29, 1.82) is 0 Å². The van der Waals surface area contributed by atoms with E-state index in [0.717, 1.165) is 39.5 Å². The van der Waals surface area contributed by atoms with Crippen LogP contribution >= 0.6 is 0 Å². The van der Waals surface area contributed by atoms with Crippen LogP contribution in [0.2, 0.25) is 0 Å². The van der Waals surface area contributed by atoms with Crippen molar-refractivity contribution in [1.82, 2.24) is 19.5 Å². The van der Waals surface area contributed by atoms with E-state index in [1.54, 1.807) is 6.20 Å². The van der Waals surface area contributed by atoms with Gasteiger partial charge in [-0.3, -0.25) is 4.57 Å². The van der Waals surface area contributed by atoms with E-state index in [2.05, 4.69) is 34.1 Å². The van der Waals surface area contributed by atoms with Crippen molar-refractivity contribution in [2.45, 2.75) is 20.8 Å². The number of aryl methyl sites for hydroxylation is 2. The summed E-state index contributed by atoms with van der Waals surface area (Å²) in [5.41, 5.74) is 4.17. The average Bonchev–Trinajstić information content (AvgIpc) is 2.77. The number of hydrogen-bond acceptors (Lipinski definition) is 5. The molecule has 0 aliphatic heterocycles. The van der Waals surface area contributed by atoms with E-state index >= 15 is 0 Å². The molecule has 3 heterocycles. The Bertz CT molecular complexity index is 825. The third kappa shape index (κ3) is 2.31. The molecule has 0 saturated carbocycles. The van der Waals surface area contributed by atoms with Gasteiger partial charge in [0.25, 0.3) is 0 Å². The number of aliphatic hydroxyl groups excluding tert-OH is 1. The summed E-state index contributed by atoms with van der Waals surface area (Å²) < 4.78 is 2.05. The zero-order valence-electron chi connectivity index (χ0n) is 13.0. The Labute approximate surface area is 128 Å². The Morgan fingerprint density at radius 1 is 1.18 bits per heavy atom. The number of nitrogens with zero attached hydrogens (tertiary/aromatic N) is 4. The summed E-state index contributed by atoms with van der Waals surface area (Å²) in [6.07, 6.45) is 3.34. The molecule has 22 heavy (non-hydrogen) atoms. The lowest BCUT2D eigenvalue weighted by Crippen LogP contribution is -2.08. The second kappa shape index (κ2) is 5.73. The Hall–Kier alpha value is -2.47. The van der Waals surface area contributed by atoms with E-state index in [4.69, 9.17) is 5.11 Å². The first-order chi connectivity index (χ1) is 10.6. The standard InChI is InChI=1S/C16H19N5O/c1-10-4-5-17-13(8-10)21-12(3)11(2)14-15(18-6-7-22)19-9-20-16(14)21/h4-5,8-9,22H,6-7H2,1-3H3,(H,18,19,20). The van der Waals surface area contributed by atoms with E-state index in [0.29, 0.717) is 6.54 Å². The van der Waals surface area contributed by atoms with Gasteiger partial charge >= 0.3 is 0 Å². The Morgan fingerprint density at radius 2 is 2.00 bits per heavy atom. The largest absolute Gasteiger partial charge is 0.395 e. The molecule has 3 rings (SSSR count). The number of pyridine rings is 1. The van der Waals surface area contributed by atoms with Crippen molar-refractivity contribution < 1.29 is 5.11 Å². The van der Waals surface area contributed by atoms with Crippen molar-refractivity contribution in [2.24, 2.45) is 0 Å². The van der Waals surface area contributed by atoms with Gasteiger partial charge in [0, 0.05) is 18.4 Å². The first-order valence-electron chi connectivity index (χ1n) is 7.24. The predicted molar refractivity (Wildman–Crippen MR) is 86.4 cm³/mol. The van der Waals surface area contributed by atoms with Gasteiger partial charge < -0.3 is 10.4 Å². The molecule has 0 aromatic carbocycles. The van der Waals surface area contributed by atoms with Crippen molar-refractivity contribution >= 4 is 16.9 Å². The third-order valence-corrected chi connectivity index (χ3v) is 3.83. The monoisotopic (exact) mass is 297 g/mol. The highest BCUT2D eigenvalue weighted by Gasteiger charge is 2.17. The van der Waals surface area contributed by atoms with Crippen LogP contribution in [0.3, 0.4) is 0 Å². The fourth-order valence-corrected chi connectivity index (χ4v) is 2.63. The molecule has 0 aliphatic carbocycles. The maximum Gasteiger partial charge on any atom is 0.151 e.